The van der Waals surface area contributed by atoms with E-state index in [4.69, 9.17) is 14.2 Å². The standard InChI is InChI=1S/C30H33F3O3/c1-3-5-6-7-20-18-35-30(36-19-20)25-13-12-23(17-26(25)31)21-8-10-22(11-9-21)24-14-15-27(34-16-4-2)29(33)28(24)32/h8-15,17,20,30H,3-7,16,18-19H2,1-2H3. The van der Waals surface area contributed by atoms with E-state index >= 15 is 0 Å². The van der Waals surface area contributed by atoms with E-state index in [1.54, 1.807) is 30.3 Å². The minimum Gasteiger partial charge on any atom is -0.490 e. The first kappa shape index (κ1) is 26.2. The van der Waals surface area contributed by atoms with E-state index in [0.29, 0.717) is 48.8 Å². The quantitative estimate of drug-likeness (QED) is 0.262. The molecule has 0 radical (unpaired) electrons. The van der Waals surface area contributed by atoms with Gasteiger partial charge in [-0.15, -0.1) is 0 Å². The maximum absolute atomic E-state index is 15.0. The monoisotopic (exact) mass is 498 g/mol. The Morgan fingerprint density at radius 2 is 1.47 bits per heavy atom. The van der Waals surface area contributed by atoms with Gasteiger partial charge in [-0.2, -0.15) is 4.39 Å². The fourth-order valence-electron chi connectivity index (χ4n) is 4.39. The van der Waals surface area contributed by atoms with E-state index in [0.717, 1.165) is 18.4 Å². The summed E-state index contributed by atoms with van der Waals surface area (Å²) in [6, 6.07) is 14.8. The van der Waals surface area contributed by atoms with Gasteiger partial charge in [0.15, 0.2) is 17.9 Å². The van der Waals surface area contributed by atoms with Crippen LogP contribution in [0.4, 0.5) is 13.2 Å². The first-order chi connectivity index (χ1) is 17.5. The number of ether oxygens (including phenoxy) is 3. The van der Waals surface area contributed by atoms with Crippen molar-refractivity contribution in [2.24, 2.45) is 5.92 Å². The Morgan fingerprint density at radius 1 is 0.778 bits per heavy atom. The van der Waals surface area contributed by atoms with Gasteiger partial charge in [0.25, 0.3) is 0 Å². The predicted octanol–water partition coefficient (Wildman–Crippen LogP) is 8.47. The minimum absolute atomic E-state index is 0.0942. The van der Waals surface area contributed by atoms with Gasteiger partial charge in [0.1, 0.15) is 5.82 Å². The number of hydrogen-bond acceptors (Lipinski definition) is 3. The van der Waals surface area contributed by atoms with Gasteiger partial charge in [-0.05, 0) is 47.7 Å². The number of unbranched alkanes of at least 4 members (excludes halogenated alkanes) is 2. The van der Waals surface area contributed by atoms with Crippen LogP contribution in [-0.4, -0.2) is 19.8 Å². The summed E-state index contributed by atoms with van der Waals surface area (Å²) in [7, 11) is 0. The van der Waals surface area contributed by atoms with Crippen LogP contribution in [0.2, 0.25) is 0 Å². The first-order valence-electron chi connectivity index (χ1n) is 12.8. The molecule has 192 valence electrons. The van der Waals surface area contributed by atoms with Gasteiger partial charge in [0, 0.05) is 17.0 Å². The van der Waals surface area contributed by atoms with Crippen LogP contribution >= 0.6 is 0 Å². The fourth-order valence-corrected chi connectivity index (χ4v) is 4.39. The minimum atomic E-state index is -0.998. The van der Waals surface area contributed by atoms with E-state index in [1.807, 2.05) is 13.0 Å². The number of rotatable bonds is 10. The van der Waals surface area contributed by atoms with E-state index in [1.165, 1.54) is 31.0 Å². The van der Waals surface area contributed by atoms with Crippen molar-refractivity contribution in [3.8, 4) is 28.0 Å². The van der Waals surface area contributed by atoms with E-state index in [-0.39, 0.29) is 11.3 Å². The molecule has 6 heteroatoms. The van der Waals surface area contributed by atoms with Crippen LogP contribution in [0.15, 0.2) is 54.6 Å². The summed E-state index contributed by atoms with van der Waals surface area (Å²) in [5, 5.41) is 0. The molecule has 0 amide bonds. The second-order valence-electron chi connectivity index (χ2n) is 9.26. The Balaban J connectivity index is 1.43. The summed E-state index contributed by atoms with van der Waals surface area (Å²) in [5.41, 5.74) is 2.47. The van der Waals surface area contributed by atoms with Crippen molar-refractivity contribution in [1.29, 1.82) is 0 Å². The van der Waals surface area contributed by atoms with Gasteiger partial charge in [-0.3, -0.25) is 0 Å². The molecular weight excluding hydrogens is 465 g/mol. The van der Waals surface area contributed by atoms with E-state index < -0.39 is 23.7 Å². The lowest BCUT2D eigenvalue weighted by Crippen LogP contribution is -2.27. The molecule has 3 nitrogen and oxygen atoms in total. The second kappa shape index (κ2) is 12.4. The van der Waals surface area contributed by atoms with Crippen LogP contribution in [0.3, 0.4) is 0 Å². The normalized spacial score (nSPS) is 17.8. The van der Waals surface area contributed by atoms with Gasteiger partial charge in [0.2, 0.25) is 5.82 Å². The Kier molecular flexibility index (Phi) is 9.05. The molecule has 0 saturated carbocycles. The van der Waals surface area contributed by atoms with Crippen molar-refractivity contribution in [3.63, 3.8) is 0 Å². The zero-order valence-electron chi connectivity index (χ0n) is 20.9. The van der Waals surface area contributed by atoms with Crippen molar-refractivity contribution in [3.05, 3.63) is 77.6 Å². The Hall–Kier alpha value is -2.83. The van der Waals surface area contributed by atoms with Crippen molar-refractivity contribution in [2.75, 3.05) is 19.8 Å². The molecule has 1 fully saturated rings. The topological polar surface area (TPSA) is 27.7 Å². The third kappa shape index (κ3) is 6.11. The van der Waals surface area contributed by atoms with Crippen molar-refractivity contribution in [2.45, 2.75) is 52.2 Å². The molecule has 0 atom stereocenters. The third-order valence-corrected chi connectivity index (χ3v) is 6.47. The zero-order valence-corrected chi connectivity index (χ0v) is 20.9. The highest BCUT2D eigenvalue weighted by Crippen LogP contribution is 2.34. The number of halogens is 3. The van der Waals surface area contributed by atoms with Crippen molar-refractivity contribution < 1.29 is 27.4 Å². The van der Waals surface area contributed by atoms with Crippen molar-refractivity contribution >= 4 is 0 Å². The average Bonchev–Trinajstić information content (AvgIpc) is 2.90. The lowest BCUT2D eigenvalue weighted by molar-refractivity contribution is -0.207. The van der Waals surface area contributed by atoms with E-state index in [9.17, 15) is 13.2 Å². The summed E-state index contributed by atoms with van der Waals surface area (Å²) < 4.78 is 60.9. The molecule has 0 spiro atoms. The molecule has 0 aliphatic carbocycles. The van der Waals surface area contributed by atoms with Gasteiger partial charge >= 0.3 is 0 Å². The molecule has 1 aliphatic rings. The molecule has 0 N–H and O–H groups in total. The molecule has 1 aliphatic heterocycles. The van der Waals surface area contributed by atoms with Gasteiger partial charge < -0.3 is 14.2 Å². The lowest BCUT2D eigenvalue weighted by Gasteiger charge is -2.30. The van der Waals surface area contributed by atoms with Crippen LogP contribution in [0.1, 0.15) is 57.8 Å². The van der Waals surface area contributed by atoms with Crippen LogP contribution in [0.25, 0.3) is 22.3 Å². The lowest BCUT2D eigenvalue weighted by atomic mass is 9.98. The molecule has 0 aromatic heterocycles. The maximum atomic E-state index is 15.0. The predicted molar refractivity (Wildman–Crippen MR) is 135 cm³/mol. The SMILES string of the molecule is CCCCCC1COC(c2ccc(-c3ccc(-c4ccc(OCCC)c(F)c4F)cc3)cc2F)OC1. The molecule has 1 heterocycles. The molecular formula is C30H33F3O3. The van der Waals surface area contributed by atoms with Gasteiger partial charge in [0.05, 0.1) is 19.8 Å². The zero-order chi connectivity index (χ0) is 25.5. The summed E-state index contributed by atoms with van der Waals surface area (Å²) >= 11 is 0. The highest BCUT2D eigenvalue weighted by Gasteiger charge is 2.25. The van der Waals surface area contributed by atoms with E-state index in [2.05, 4.69) is 6.92 Å². The molecule has 0 unspecified atom stereocenters. The Bertz CT molecular complexity index is 1140. The first-order valence-corrected chi connectivity index (χ1v) is 12.8. The van der Waals surface area contributed by atoms with Gasteiger partial charge in [-0.25, -0.2) is 8.78 Å². The number of hydrogen-bond donors (Lipinski definition) is 0. The Labute approximate surface area is 211 Å². The maximum Gasteiger partial charge on any atom is 0.201 e. The summed E-state index contributed by atoms with van der Waals surface area (Å²) in [6.45, 7) is 5.53. The molecule has 3 aromatic carbocycles. The average molecular weight is 499 g/mol. The summed E-state index contributed by atoms with van der Waals surface area (Å²) in [5.74, 6) is -2.09. The highest BCUT2D eigenvalue weighted by atomic mass is 19.2. The molecule has 0 bridgehead atoms. The number of benzene rings is 3. The molecule has 4 rings (SSSR count). The summed E-state index contributed by atoms with van der Waals surface area (Å²) in [6.07, 6.45) is 4.58. The van der Waals surface area contributed by atoms with Crippen molar-refractivity contribution in [1.82, 2.24) is 0 Å². The van der Waals surface area contributed by atoms with Crippen LogP contribution in [0.5, 0.6) is 5.75 Å². The van der Waals surface area contributed by atoms with Gasteiger partial charge in [-0.1, -0.05) is 69.5 Å². The van der Waals surface area contributed by atoms with Crippen LogP contribution in [-0.2, 0) is 9.47 Å². The summed E-state index contributed by atoms with van der Waals surface area (Å²) in [4.78, 5) is 0. The Morgan fingerprint density at radius 3 is 2.14 bits per heavy atom. The largest absolute Gasteiger partial charge is 0.490 e. The van der Waals surface area contributed by atoms with Crippen LogP contribution in [0, 0.1) is 23.4 Å². The fraction of sp³-hybridized carbons (Fsp3) is 0.400. The third-order valence-electron chi connectivity index (χ3n) is 6.47. The second-order valence-corrected chi connectivity index (χ2v) is 9.26. The molecule has 1 saturated heterocycles. The molecule has 3 aromatic rings. The highest BCUT2D eigenvalue weighted by molar-refractivity contribution is 5.71. The van der Waals surface area contributed by atoms with Crippen LogP contribution < -0.4 is 4.74 Å². The smallest absolute Gasteiger partial charge is 0.201 e. The molecule has 36 heavy (non-hydrogen) atoms.